The van der Waals surface area contributed by atoms with Crippen molar-refractivity contribution in [3.05, 3.63) is 24.3 Å². The van der Waals surface area contributed by atoms with Gasteiger partial charge in [0.15, 0.2) is 0 Å². The summed E-state index contributed by atoms with van der Waals surface area (Å²) < 4.78 is 0. The van der Waals surface area contributed by atoms with Crippen LogP contribution in [-0.4, -0.2) is 25.5 Å². The molecule has 1 amide bonds. The van der Waals surface area contributed by atoms with Crippen LogP contribution in [0.25, 0.3) is 0 Å². The Labute approximate surface area is 91.6 Å². The fourth-order valence-corrected chi connectivity index (χ4v) is 1.66. The third kappa shape index (κ3) is 5.37. The molecule has 1 heterocycles. The van der Waals surface area contributed by atoms with Crippen LogP contribution in [0.2, 0.25) is 0 Å². The summed E-state index contributed by atoms with van der Waals surface area (Å²) in [6.07, 6.45) is 9.50. The molecule has 1 atom stereocenters. The highest BCUT2D eigenvalue weighted by atomic mass is 16.1. The van der Waals surface area contributed by atoms with Crippen LogP contribution in [0, 0.1) is 5.92 Å². The van der Waals surface area contributed by atoms with E-state index in [1.54, 1.807) is 12.2 Å². The first-order valence-electron chi connectivity index (χ1n) is 5.61. The molecule has 1 unspecified atom stereocenters. The fourth-order valence-electron chi connectivity index (χ4n) is 1.66. The Balaban J connectivity index is 2.15. The van der Waals surface area contributed by atoms with Gasteiger partial charge >= 0.3 is 0 Å². The van der Waals surface area contributed by atoms with Crippen LogP contribution in [0.1, 0.15) is 19.8 Å². The lowest BCUT2D eigenvalue weighted by molar-refractivity contribution is -0.116. The predicted octanol–water partition coefficient (Wildman–Crippen LogP) is 1.23. The van der Waals surface area contributed by atoms with Crippen LogP contribution in [0.15, 0.2) is 24.3 Å². The maximum absolute atomic E-state index is 11.3. The smallest absolute Gasteiger partial charge is 0.243 e. The van der Waals surface area contributed by atoms with Gasteiger partial charge in [-0.2, -0.15) is 0 Å². The van der Waals surface area contributed by atoms with E-state index >= 15 is 0 Å². The molecule has 1 saturated heterocycles. The Bertz CT molecular complexity index is 240. The zero-order chi connectivity index (χ0) is 10.9. The quantitative estimate of drug-likeness (QED) is 0.539. The largest absolute Gasteiger partial charge is 0.352 e. The highest BCUT2D eigenvalue weighted by Crippen LogP contribution is 2.07. The molecular weight excluding hydrogens is 188 g/mol. The van der Waals surface area contributed by atoms with Gasteiger partial charge in [-0.05, 0) is 38.8 Å². The van der Waals surface area contributed by atoms with Crippen LogP contribution in [-0.2, 0) is 4.79 Å². The number of hydrogen-bond acceptors (Lipinski definition) is 2. The molecule has 1 aliphatic rings. The van der Waals surface area contributed by atoms with E-state index in [1.165, 1.54) is 12.8 Å². The van der Waals surface area contributed by atoms with Crippen LogP contribution < -0.4 is 10.6 Å². The summed E-state index contributed by atoms with van der Waals surface area (Å²) in [6, 6.07) is 0. The Morgan fingerprint density at radius 3 is 3.07 bits per heavy atom. The molecule has 3 heteroatoms. The number of rotatable bonds is 4. The molecule has 0 spiro atoms. The van der Waals surface area contributed by atoms with Crippen molar-refractivity contribution in [1.29, 1.82) is 0 Å². The molecule has 0 radical (unpaired) electrons. The number of amides is 1. The van der Waals surface area contributed by atoms with Gasteiger partial charge in [-0.3, -0.25) is 4.79 Å². The van der Waals surface area contributed by atoms with Gasteiger partial charge in [0.05, 0.1) is 0 Å². The standard InChI is InChI=1S/C12H20N2O/c1-2-3-4-7-12(15)14-10-11-6-5-8-13-9-11/h2-4,7,11,13H,5-6,8-10H2,1H3,(H,14,15). The van der Waals surface area contributed by atoms with Crippen molar-refractivity contribution in [2.75, 3.05) is 19.6 Å². The number of carbonyl (C=O) groups excluding carboxylic acids is 1. The summed E-state index contributed by atoms with van der Waals surface area (Å²) in [4.78, 5) is 11.3. The Kier molecular flexibility index (Phi) is 5.78. The van der Waals surface area contributed by atoms with Crippen molar-refractivity contribution in [3.8, 4) is 0 Å². The molecule has 3 nitrogen and oxygen atoms in total. The molecule has 0 saturated carbocycles. The van der Waals surface area contributed by atoms with Crippen molar-refractivity contribution in [1.82, 2.24) is 10.6 Å². The lowest BCUT2D eigenvalue weighted by Crippen LogP contribution is -2.37. The van der Waals surface area contributed by atoms with Gasteiger partial charge in [-0.25, -0.2) is 0 Å². The zero-order valence-electron chi connectivity index (χ0n) is 9.33. The van der Waals surface area contributed by atoms with Crippen LogP contribution in [0.4, 0.5) is 0 Å². The monoisotopic (exact) mass is 208 g/mol. The van der Waals surface area contributed by atoms with Gasteiger partial charge in [0, 0.05) is 12.6 Å². The number of piperidine rings is 1. The summed E-state index contributed by atoms with van der Waals surface area (Å²) in [6.45, 7) is 4.85. The van der Waals surface area contributed by atoms with Gasteiger partial charge < -0.3 is 10.6 Å². The lowest BCUT2D eigenvalue weighted by atomic mass is 10.00. The highest BCUT2D eigenvalue weighted by Gasteiger charge is 2.12. The molecule has 15 heavy (non-hydrogen) atoms. The second-order valence-electron chi connectivity index (χ2n) is 3.84. The topological polar surface area (TPSA) is 41.1 Å². The summed E-state index contributed by atoms with van der Waals surface area (Å²) >= 11 is 0. The van der Waals surface area contributed by atoms with Crippen molar-refractivity contribution in [3.63, 3.8) is 0 Å². The minimum atomic E-state index is -0.00123. The molecule has 0 aliphatic carbocycles. The Hall–Kier alpha value is -1.09. The van der Waals surface area contributed by atoms with Gasteiger partial charge in [-0.15, -0.1) is 0 Å². The van der Waals surface area contributed by atoms with Crippen LogP contribution in [0.5, 0.6) is 0 Å². The van der Waals surface area contributed by atoms with Gasteiger partial charge in [0.1, 0.15) is 0 Å². The Morgan fingerprint density at radius 1 is 1.53 bits per heavy atom. The number of carbonyl (C=O) groups is 1. The maximum atomic E-state index is 11.3. The Morgan fingerprint density at radius 2 is 2.40 bits per heavy atom. The number of nitrogens with one attached hydrogen (secondary N) is 2. The normalized spacial score (nSPS) is 22.3. The minimum Gasteiger partial charge on any atom is -0.352 e. The van der Waals surface area contributed by atoms with E-state index in [0.717, 1.165) is 19.6 Å². The summed E-state index contributed by atoms with van der Waals surface area (Å²) in [5.41, 5.74) is 0. The van der Waals surface area contributed by atoms with Gasteiger partial charge in [0.25, 0.3) is 0 Å². The minimum absolute atomic E-state index is 0.00123. The lowest BCUT2D eigenvalue weighted by Gasteiger charge is -2.22. The third-order valence-corrected chi connectivity index (χ3v) is 2.52. The molecule has 0 aromatic heterocycles. The van der Waals surface area contributed by atoms with Crippen molar-refractivity contribution in [2.45, 2.75) is 19.8 Å². The van der Waals surface area contributed by atoms with E-state index in [9.17, 15) is 4.79 Å². The first-order valence-corrected chi connectivity index (χ1v) is 5.61. The molecular formula is C12H20N2O. The van der Waals surface area contributed by atoms with E-state index in [0.29, 0.717) is 5.92 Å². The van der Waals surface area contributed by atoms with E-state index in [4.69, 9.17) is 0 Å². The van der Waals surface area contributed by atoms with E-state index in [1.807, 2.05) is 19.1 Å². The van der Waals surface area contributed by atoms with E-state index in [2.05, 4.69) is 10.6 Å². The predicted molar refractivity (Wildman–Crippen MR) is 62.6 cm³/mol. The average Bonchev–Trinajstić information content (AvgIpc) is 2.28. The number of hydrogen-bond donors (Lipinski definition) is 2. The number of allylic oxidation sites excluding steroid dienone is 3. The summed E-state index contributed by atoms with van der Waals surface area (Å²) in [5.74, 6) is 0.594. The van der Waals surface area contributed by atoms with Crippen molar-refractivity contribution < 1.29 is 4.79 Å². The second-order valence-corrected chi connectivity index (χ2v) is 3.84. The molecule has 0 aromatic rings. The molecule has 0 aromatic carbocycles. The SMILES string of the molecule is CC=CC=CC(=O)NCC1CCCNC1. The molecule has 1 aliphatic heterocycles. The average molecular weight is 208 g/mol. The molecule has 1 fully saturated rings. The first-order chi connectivity index (χ1) is 7.33. The zero-order valence-corrected chi connectivity index (χ0v) is 9.33. The maximum Gasteiger partial charge on any atom is 0.243 e. The van der Waals surface area contributed by atoms with Gasteiger partial charge in [0.2, 0.25) is 5.91 Å². The molecule has 0 bridgehead atoms. The van der Waals surface area contributed by atoms with Crippen LogP contribution >= 0.6 is 0 Å². The van der Waals surface area contributed by atoms with E-state index < -0.39 is 0 Å². The summed E-state index contributed by atoms with van der Waals surface area (Å²) in [5, 5.41) is 6.24. The molecule has 2 N–H and O–H groups in total. The molecule has 1 rings (SSSR count). The first kappa shape index (κ1) is 12.0. The molecule has 84 valence electrons. The van der Waals surface area contributed by atoms with Crippen molar-refractivity contribution in [2.24, 2.45) is 5.92 Å². The fraction of sp³-hybridized carbons (Fsp3) is 0.583. The highest BCUT2D eigenvalue weighted by molar-refractivity contribution is 5.87. The van der Waals surface area contributed by atoms with Crippen molar-refractivity contribution >= 4 is 5.91 Å². The van der Waals surface area contributed by atoms with Gasteiger partial charge in [-0.1, -0.05) is 18.2 Å². The second kappa shape index (κ2) is 7.23. The van der Waals surface area contributed by atoms with Crippen LogP contribution in [0.3, 0.4) is 0 Å². The summed E-state index contributed by atoms with van der Waals surface area (Å²) in [7, 11) is 0. The third-order valence-electron chi connectivity index (χ3n) is 2.52. The van der Waals surface area contributed by atoms with E-state index in [-0.39, 0.29) is 5.91 Å².